The van der Waals surface area contributed by atoms with Crippen LogP contribution in [-0.2, 0) is 27.4 Å². The summed E-state index contributed by atoms with van der Waals surface area (Å²) >= 11 is 0. The number of ether oxygens (including phenoxy) is 5. The Kier molecular flexibility index (Phi) is 12.1. The molecule has 42 heavy (non-hydrogen) atoms. The molecule has 1 aliphatic rings. The molecule has 220 valence electrons. The molecule has 4 atom stereocenters. The number of esters is 1. The van der Waals surface area contributed by atoms with Crippen LogP contribution in [0.5, 0.6) is 11.5 Å². The molecule has 4 unspecified atom stereocenters. The Balaban J connectivity index is 0.00000198. The average Bonchev–Trinajstić information content (AvgIpc) is 3.04. The minimum Gasteiger partial charge on any atom is -0.465 e. The molecule has 1 heterocycles. The number of hydrogen-bond donors (Lipinski definition) is 0. The number of hydrogen-bond acceptors (Lipinski definition) is 6. The third-order valence-electron chi connectivity index (χ3n) is 6.81. The van der Waals surface area contributed by atoms with Crippen molar-refractivity contribution in [2.75, 3.05) is 6.61 Å². The summed E-state index contributed by atoms with van der Waals surface area (Å²) in [5, 5.41) is 0. The fraction of sp³-hybridized carbons (Fsp3) is 0.306. The van der Waals surface area contributed by atoms with Gasteiger partial charge in [-0.25, -0.2) is 4.79 Å². The molecule has 4 aromatic carbocycles. The van der Waals surface area contributed by atoms with Gasteiger partial charge < -0.3 is 23.7 Å². The maximum atomic E-state index is 12.3. The van der Waals surface area contributed by atoms with Gasteiger partial charge in [0.1, 0.15) is 17.6 Å². The highest BCUT2D eigenvalue weighted by Crippen LogP contribution is 2.31. The van der Waals surface area contributed by atoms with Crippen LogP contribution in [0.1, 0.15) is 48.7 Å². The van der Waals surface area contributed by atoms with Crippen molar-refractivity contribution in [1.29, 1.82) is 0 Å². The van der Waals surface area contributed by atoms with Crippen LogP contribution >= 0.6 is 0 Å². The third-order valence-corrected chi connectivity index (χ3v) is 6.81. The predicted molar refractivity (Wildman–Crippen MR) is 163 cm³/mol. The number of carbonyl (C=O) groups is 1. The molecule has 0 saturated carbocycles. The van der Waals surface area contributed by atoms with Crippen LogP contribution in [0, 0.1) is 5.92 Å². The largest absolute Gasteiger partial charge is 0.465 e. The molecule has 1 aliphatic heterocycles. The van der Waals surface area contributed by atoms with Gasteiger partial charge in [-0.2, -0.15) is 0 Å². The maximum absolute atomic E-state index is 12.3. The van der Waals surface area contributed by atoms with Gasteiger partial charge in [0, 0.05) is 6.42 Å². The first-order valence-corrected chi connectivity index (χ1v) is 14.6. The van der Waals surface area contributed by atoms with Crippen LogP contribution < -0.4 is 9.47 Å². The molecule has 0 amide bonds. The highest BCUT2D eigenvalue weighted by Gasteiger charge is 2.38. The Labute approximate surface area is 249 Å². The van der Waals surface area contributed by atoms with Gasteiger partial charge in [-0.05, 0) is 53.4 Å². The lowest BCUT2D eigenvalue weighted by molar-refractivity contribution is -0.232. The average molecular weight is 569 g/mol. The first-order valence-electron chi connectivity index (χ1n) is 14.6. The molecule has 0 aromatic heterocycles. The summed E-state index contributed by atoms with van der Waals surface area (Å²) in [6.45, 7) is 7.54. The molecule has 0 aliphatic carbocycles. The Morgan fingerprint density at radius 2 is 1.29 bits per heavy atom. The molecule has 1 fully saturated rings. The van der Waals surface area contributed by atoms with E-state index in [1.807, 2.05) is 68.4 Å². The zero-order valence-electron chi connectivity index (χ0n) is 24.6. The Bertz CT molecular complexity index is 1310. The molecule has 5 rings (SSSR count). The summed E-state index contributed by atoms with van der Waals surface area (Å²) in [7, 11) is 0. The molecular weight excluding hydrogens is 528 g/mol. The minimum absolute atomic E-state index is 0.143. The van der Waals surface area contributed by atoms with E-state index in [0.29, 0.717) is 43.3 Å². The first-order chi connectivity index (χ1) is 20.6. The molecule has 0 spiro atoms. The zero-order chi connectivity index (χ0) is 29.6. The lowest BCUT2D eigenvalue weighted by atomic mass is 9.93. The van der Waals surface area contributed by atoms with Crippen molar-refractivity contribution in [3.05, 3.63) is 132 Å². The van der Waals surface area contributed by atoms with Gasteiger partial charge in [0.05, 0.1) is 31.5 Å². The smallest absolute Gasteiger partial charge is 0.343 e. The van der Waals surface area contributed by atoms with E-state index in [1.165, 1.54) is 0 Å². The van der Waals surface area contributed by atoms with Gasteiger partial charge in [0.15, 0.2) is 0 Å². The highest BCUT2D eigenvalue weighted by atomic mass is 16.7. The fourth-order valence-electron chi connectivity index (χ4n) is 4.73. The topological polar surface area (TPSA) is 63.2 Å². The van der Waals surface area contributed by atoms with E-state index >= 15 is 0 Å². The van der Waals surface area contributed by atoms with E-state index in [0.717, 1.165) is 11.1 Å². The Morgan fingerprint density at radius 3 is 1.90 bits per heavy atom. The highest BCUT2D eigenvalue weighted by molar-refractivity contribution is 5.90. The standard InChI is InChI=1S/C34H34O6.C2H6/c1-25-21-32(38-29-17-19-30(20-18-29)39-34(35)28-15-9-4-10-16-28)40-31(24-36-22-26-11-5-2-6-12-26)33(25)37-23-27-13-7-3-8-14-27;1-2/h2-20,25,31-33H,21-24H2,1H3;1-2H3. The van der Waals surface area contributed by atoms with Gasteiger partial charge in [0.2, 0.25) is 6.29 Å². The van der Waals surface area contributed by atoms with Crippen molar-refractivity contribution >= 4 is 5.97 Å². The van der Waals surface area contributed by atoms with E-state index in [1.54, 1.807) is 48.5 Å². The quantitative estimate of drug-likeness (QED) is 0.136. The van der Waals surface area contributed by atoms with E-state index in [4.69, 9.17) is 23.7 Å². The normalized spacial score (nSPS) is 19.7. The van der Waals surface area contributed by atoms with Crippen molar-refractivity contribution in [1.82, 2.24) is 0 Å². The molecule has 6 heteroatoms. The molecule has 0 radical (unpaired) electrons. The molecule has 0 N–H and O–H groups in total. The second kappa shape index (κ2) is 16.5. The summed E-state index contributed by atoms with van der Waals surface area (Å²) in [4.78, 5) is 12.3. The second-order valence-electron chi connectivity index (χ2n) is 9.92. The van der Waals surface area contributed by atoms with Gasteiger partial charge in [-0.3, -0.25) is 0 Å². The van der Waals surface area contributed by atoms with E-state index < -0.39 is 12.3 Å². The molecule has 0 bridgehead atoms. The number of rotatable bonds is 11. The summed E-state index contributed by atoms with van der Waals surface area (Å²) < 4.78 is 30.5. The van der Waals surface area contributed by atoms with Crippen molar-refractivity contribution in [2.45, 2.75) is 58.9 Å². The van der Waals surface area contributed by atoms with Crippen LogP contribution in [0.25, 0.3) is 0 Å². The lowest BCUT2D eigenvalue weighted by Gasteiger charge is -2.40. The minimum atomic E-state index is -0.463. The second-order valence-corrected chi connectivity index (χ2v) is 9.92. The van der Waals surface area contributed by atoms with Crippen molar-refractivity contribution < 1.29 is 28.5 Å². The summed E-state index contributed by atoms with van der Waals surface area (Å²) in [6, 6.07) is 36.1. The number of carbonyl (C=O) groups excluding carboxylic acids is 1. The monoisotopic (exact) mass is 568 g/mol. The van der Waals surface area contributed by atoms with Crippen LogP contribution in [-0.4, -0.2) is 31.1 Å². The van der Waals surface area contributed by atoms with Gasteiger partial charge in [-0.15, -0.1) is 0 Å². The molecule has 4 aromatic rings. The Hall–Kier alpha value is -3.97. The summed E-state index contributed by atoms with van der Waals surface area (Å²) in [5.41, 5.74) is 2.72. The van der Waals surface area contributed by atoms with Crippen LogP contribution in [0.3, 0.4) is 0 Å². The third kappa shape index (κ3) is 9.28. The van der Waals surface area contributed by atoms with Gasteiger partial charge in [-0.1, -0.05) is 99.6 Å². The van der Waals surface area contributed by atoms with Crippen molar-refractivity contribution in [3.63, 3.8) is 0 Å². The van der Waals surface area contributed by atoms with Crippen LogP contribution in [0.4, 0.5) is 0 Å². The van der Waals surface area contributed by atoms with E-state index in [9.17, 15) is 4.79 Å². The fourth-order valence-corrected chi connectivity index (χ4v) is 4.73. The lowest BCUT2D eigenvalue weighted by Crippen LogP contribution is -2.49. The zero-order valence-corrected chi connectivity index (χ0v) is 24.6. The molecular formula is C36H40O6. The van der Waals surface area contributed by atoms with Crippen LogP contribution in [0.15, 0.2) is 115 Å². The van der Waals surface area contributed by atoms with E-state index in [-0.39, 0.29) is 18.1 Å². The SMILES string of the molecule is CC.CC1CC(Oc2ccc(OC(=O)c3ccccc3)cc2)OC(COCc2ccccc2)C1OCc1ccccc1. The van der Waals surface area contributed by atoms with Crippen molar-refractivity contribution in [3.8, 4) is 11.5 Å². The van der Waals surface area contributed by atoms with Crippen molar-refractivity contribution in [2.24, 2.45) is 5.92 Å². The summed E-state index contributed by atoms with van der Waals surface area (Å²) in [6.07, 6.45) is -0.239. The maximum Gasteiger partial charge on any atom is 0.343 e. The Morgan fingerprint density at radius 1 is 0.738 bits per heavy atom. The van der Waals surface area contributed by atoms with Crippen LogP contribution in [0.2, 0.25) is 0 Å². The molecule has 1 saturated heterocycles. The summed E-state index contributed by atoms with van der Waals surface area (Å²) in [5.74, 6) is 0.850. The van der Waals surface area contributed by atoms with E-state index in [2.05, 4.69) is 19.1 Å². The van der Waals surface area contributed by atoms with Gasteiger partial charge >= 0.3 is 5.97 Å². The van der Waals surface area contributed by atoms with Gasteiger partial charge in [0.25, 0.3) is 0 Å². The first kappa shape index (κ1) is 31.0. The molecule has 6 nitrogen and oxygen atoms in total. The predicted octanol–water partition coefficient (Wildman–Crippen LogP) is 7.86. The number of benzene rings is 4.